The van der Waals surface area contributed by atoms with Crippen molar-refractivity contribution >= 4 is 12.2 Å². The molecule has 2 amide bonds. The molecule has 0 spiro atoms. The molecule has 1 N–H and O–H groups in total. The number of amides is 2. The molecule has 2 atom stereocenters. The van der Waals surface area contributed by atoms with Crippen LogP contribution < -0.4 is 5.32 Å². The summed E-state index contributed by atoms with van der Waals surface area (Å²) in [5.74, 6) is 0.398. The van der Waals surface area contributed by atoms with Gasteiger partial charge in [-0.3, -0.25) is 0 Å². The molecule has 1 aliphatic rings. The van der Waals surface area contributed by atoms with E-state index in [0.717, 1.165) is 25.7 Å². The van der Waals surface area contributed by atoms with Crippen LogP contribution in [0, 0.1) is 5.92 Å². The van der Waals surface area contributed by atoms with E-state index in [0.29, 0.717) is 32.2 Å². The molecule has 0 aromatic heterocycles. The highest BCUT2D eigenvalue weighted by molar-refractivity contribution is 5.69. The quantitative estimate of drug-likeness (QED) is 0.819. The average molecular weight is 300 g/mol. The Morgan fingerprint density at radius 3 is 2.48 bits per heavy atom. The van der Waals surface area contributed by atoms with Gasteiger partial charge in [-0.25, -0.2) is 9.59 Å². The number of ether oxygens (including phenoxy) is 2. The lowest BCUT2D eigenvalue weighted by molar-refractivity contribution is 0.0742. The van der Waals surface area contributed by atoms with Gasteiger partial charge in [-0.2, -0.15) is 0 Å². The molecule has 2 unspecified atom stereocenters. The Labute approximate surface area is 127 Å². The first kappa shape index (κ1) is 17.6. The van der Waals surface area contributed by atoms with Gasteiger partial charge in [0.1, 0.15) is 0 Å². The van der Waals surface area contributed by atoms with Crippen LogP contribution in [0.2, 0.25) is 0 Å². The Bertz CT molecular complexity index is 336. The molecule has 0 bridgehead atoms. The first-order chi connectivity index (χ1) is 10.1. The molecule has 122 valence electrons. The van der Waals surface area contributed by atoms with Crippen LogP contribution in [0.5, 0.6) is 0 Å². The summed E-state index contributed by atoms with van der Waals surface area (Å²) in [6, 6.07) is -0.0657. The van der Waals surface area contributed by atoms with Gasteiger partial charge in [0.05, 0.1) is 19.3 Å². The van der Waals surface area contributed by atoms with Crippen LogP contribution >= 0.6 is 0 Å². The average Bonchev–Trinajstić information content (AvgIpc) is 2.45. The molecular formula is C15H28N2O4. The van der Waals surface area contributed by atoms with E-state index < -0.39 is 6.09 Å². The van der Waals surface area contributed by atoms with Crippen molar-refractivity contribution in [2.75, 3.05) is 26.3 Å². The number of nitrogens with zero attached hydrogens (tertiary/aromatic N) is 1. The number of hydrogen-bond acceptors (Lipinski definition) is 4. The van der Waals surface area contributed by atoms with Gasteiger partial charge < -0.3 is 19.7 Å². The fraction of sp³-hybridized carbons (Fsp3) is 0.867. The lowest BCUT2D eigenvalue weighted by Crippen LogP contribution is -2.52. The van der Waals surface area contributed by atoms with Gasteiger partial charge >= 0.3 is 12.2 Å². The van der Waals surface area contributed by atoms with Crippen LogP contribution in [-0.2, 0) is 9.47 Å². The molecule has 0 aromatic carbocycles. The van der Waals surface area contributed by atoms with Crippen molar-refractivity contribution in [3.8, 4) is 0 Å². The second kappa shape index (κ2) is 9.47. The monoisotopic (exact) mass is 300 g/mol. The third kappa shape index (κ3) is 6.23. The molecular weight excluding hydrogens is 272 g/mol. The standard InChI is InChI=1S/C15H28N2O4/c1-4-7-8-12-9-13(16-14(18)20-5-2)11-17(10-12)15(19)21-6-3/h12-13H,4-11H2,1-3H3,(H,16,18). The number of likely N-dealkylation sites (tertiary alicyclic amines) is 1. The van der Waals surface area contributed by atoms with Crippen LogP contribution in [-0.4, -0.2) is 49.4 Å². The zero-order valence-corrected chi connectivity index (χ0v) is 13.4. The van der Waals surface area contributed by atoms with E-state index in [9.17, 15) is 9.59 Å². The Morgan fingerprint density at radius 2 is 1.86 bits per heavy atom. The van der Waals surface area contributed by atoms with Crippen LogP contribution in [0.25, 0.3) is 0 Å². The van der Waals surface area contributed by atoms with Crippen molar-refractivity contribution in [1.82, 2.24) is 10.2 Å². The Balaban J connectivity index is 2.60. The van der Waals surface area contributed by atoms with E-state index in [1.165, 1.54) is 0 Å². The number of alkyl carbamates (subject to hydrolysis) is 1. The van der Waals surface area contributed by atoms with Crippen LogP contribution in [0.15, 0.2) is 0 Å². The third-order valence-corrected chi connectivity index (χ3v) is 3.63. The molecule has 1 saturated heterocycles. The van der Waals surface area contributed by atoms with E-state index in [4.69, 9.17) is 9.47 Å². The zero-order valence-electron chi connectivity index (χ0n) is 13.4. The second-order valence-corrected chi connectivity index (χ2v) is 5.41. The third-order valence-electron chi connectivity index (χ3n) is 3.63. The molecule has 1 heterocycles. The molecule has 0 aliphatic carbocycles. The van der Waals surface area contributed by atoms with E-state index >= 15 is 0 Å². The minimum Gasteiger partial charge on any atom is -0.450 e. The number of rotatable bonds is 6. The number of carbonyl (C=O) groups is 2. The number of unbranched alkanes of at least 4 members (excludes halogenated alkanes) is 1. The zero-order chi connectivity index (χ0) is 15.7. The lowest BCUT2D eigenvalue weighted by atomic mass is 9.90. The van der Waals surface area contributed by atoms with Crippen molar-refractivity contribution in [2.45, 2.75) is 52.5 Å². The second-order valence-electron chi connectivity index (χ2n) is 5.41. The normalized spacial score (nSPS) is 21.8. The maximum Gasteiger partial charge on any atom is 0.409 e. The van der Waals surface area contributed by atoms with Crippen molar-refractivity contribution < 1.29 is 19.1 Å². The minimum atomic E-state index is -0.414. The van der Waals surface area contributed by atoms with Gasteiger partial charge in [0.2, 0.25) is 0 Å². The smallest absolute Gasteiger partial charge is 0.409 e. The Morgan fingerprint density at radius 1 is 1.14 bits per heavy atom. The molecule has 6 nitrogen and oxygen atoms in total. The highest BCUT2D eigenvalue weighted by atomic mass is 16.6. The highest BCUT2D eigenvalue weighted by Crippen LogP contribution is 2.22. The van der Waals surface area contributed by atoms with Gasteiger partial charge in [-0.15, -0.1) is 0 Å². The Hall–Kier alpha value is -1.46. The van der Waals surface area contributed by atoms with Gasteiger partial charge in [0.25, 0.3) is 0 Å². The fourth-order valence-corrected chi connectivity index (χ4v) is 2.71. The predicted molar refractivity (Wildman–Crippen MR) is 80.2 cm³/mol. The molecule has 1 fully saturated rings. The largest absolute Gasteiger partial charge is 0.450 e. The summed E-state index contributed by atoms with van der Waals surface area (Å²) in [5, 5.41) is 2.84. The SMILES string of the molecule is CCCCC1CC(NC(=O)OCC)CN(C(=O)OCC)C1. The van der Waals surface area contributed by atoms with Gasteiger partial charge in [-0.1, -0.05) is 19.8 Å². The van der Waals surface area contributed by atoms with Gasteiger partial charge in [0.15, 0.2) is 0 Å². The predicted octanol–water partition coefficient (Wildman–Crippen LogP) is 2.77. The van der Waals surface area contributed by atoms with E-state index in [-0.39, 0.29) is 12.1 Å². The fourth-order valence-electron chi connectivity index (χ4n) is 2.71. The minimum absolute atomic E-state index is 0.0657. The summed E-state index contributed by atoms with van der Waals surface area (Å²) in [6.07, 6.45) is 3.50. The van der Waals surface area contributed by atoms with Gasteiger partial charge in [0, 0.05) is 13.1 Å². The molecule has 0 saturated carbocycles. The van der Waals surface area contributed by atoms with Crippen molar-refractivity contribution in [3.05, 3.63) is 0 Å². The maximum atomic E-state index is 11.9. The van der Waals surface area contributed by atoms with Crippen molar-refractivity contribution in [3.63, 3.8) is 0 Å². The summed E-state index contributed by atoms with van der Waals surface area (Å²) in [5.41, 5.74) is 0. The summed E-state index contributed by atoms with van der Waals surface area (Å²) < 4.78 is 10.00. The number of piperidine rings is 1. The number of hydrogen-bond donors (Lipinski definition) is 1. The molecule has 1 rings (SSSR count). The van der Waals surface area contributed by atoms with Gasteiger partial charge in [-0.05, 0) is 32.6 Å². The Kier molecular flexibility index (Phi) is 7.93. The first-order valence-corrected chi connectivity index (χ1v) is 7.95. The van der Waals surface area contributed by atoms with E-state index in [1.807, 2.05) is 0 Å². The number of carbonyl (C=O) groups excluding carboxylic acids is 2. The molecule has 6 heteroatoms. The van der Waals surface area contributed by atoms with E-state index in [1.54, 1.807) is 18.7 Å². The summed E-state index contributed by atoms with van der Waals surface area (Å²) >= 11 is 0. The molecule has 21 heavy (non-hydrogen) atoms. The van der Waals surface area contributed by atoms with Crippen LogP contribution in [0.1, 0.15) is 46.5 Å². The van der Waals surface area contributed by atoms with Crippen molar-refractivity contribution in [1.29, 1.82) is 0 Å². The van der Waals surface area contributed by atoms with Crippen LogP contribution in [0.4, 0.5) is 9.59 Å². The summed E-state index contributed by atoms with van der Waals surface area (Å²) in [7, 11) is 0. The summed E-state index contributed by atoms with van der Waals surface area (Å²) in [4.78, 5) is 25.2. The first-order valence-electron chi connectivity index (χ1n) is 7.95. The lowest BCUT2D eigenvalue weighted by Gasteiger charge is -2.37. The van der Waals surface area contributed by atoms with E-state index in [2.05, 4.69) is 12.2 Å². The molecule has 1 aliphatic heterocycles. The topological polar surface area (TPSA) is 67.9 Å². The van der Waals surface area contributed by atoms with Crippen LogP contribution in [0.3, 0.4) is 0 Å². The molecule has 0 radical (unpaired) electrons. The summed E-state index contributed by atoms with van der Waals surface area (Å²) in [6.45, 7) is 7.63. The maximum absolute atomic E-state index is 11.9. The van der Waals surface area contributed by atoms with Crippen molar-refractivity contribution in [2.24, 2.45) is 5.92 Å². The number of nitrogens with one attached hydrogen (secondary N) is 1. The molecule has 0 aromatic rings. The highest BCUT2D eigenvalue weighted by Gasteiger charge is 2.31.